The second-order valence-corrected chi connectivity index (χ2v) is 5.91. The Kier molecular flexibility index (Phi) is 7.39. The molecular formula is C13H18BrNO2S. The van der Waals surface area contributed by atoms with E-state index in [2.05, 4.69) is 21.2 Å². The van der Waals surface area contributed by atoms with E-state index in [1.165, 1.54) is 11.8 Å². The van der Waals surface area contributed by atoms with Crippen LogP contribution in [0.4, 0.5) is 0 Å². The van der Waals surface area contributed by atoms with Crippen LogP contribution in [0.1, 0.15) is 19.8 Å². The summed E-state index contributed by atoms with van der Waals surface area (Å²) in [5.41, 5.74) is 0. The van der Waals surface area contributed by atoms with Gasteiger partial charge in [-0.05, 0) is 31.0 Å². The minimum absolute atomic E-state index is 0.00304. The molecule has 0 bridgehead atoms. The van der Waals surface area contributed by atoms with Crippen molar-refractivity contribution in [1.82, 2.24) is 5.32 Å². The number of aliphatic hydroxyl groups excluding tert-OH is 1. The molecule has 0 radical (unpaired) electrons. The lowest BCUT2D eigenvalue weighted by molar-refractivity contribution is -0.118. The number of carbonyl (C=O) groups excluding carboxylic acids is 1. The Hall–Kier alpha value is -0.520. The highest BCUT2D eigenvalue weighted by molar-refractivity contribution is 9.10. The van der Waals surface area contributed by atoms with Crippen LogP contribution in [0.2, 0.25) is 0 Å². The maximum atomic E-state index is 11.5. The Bertz CT molecular complexity index is 387. The topological polar surface area (TPSA) is 49.3 Å². The van der Waals surface area contributed by atoms with Gasteiger partial charge in [-0.15, -0.1) is 11.8 Å². The first-order valence-corrected chi connectivity index (χ1v) is 7.72. The Morgan fingerprint density at radius 1 is 1.56 bits per heavy atom. The standard InChI is InChI=1S/C13H18BrNO2S/c1-2-11(16)6-7-15-13(17)9-18-12-5-3-4-10(14)8-12/h3-5,8,11,16H,2,6-7,9H2,1H3,(H,15,17). The van der Waals surface area contributed by atoms with E-state index in [4.69, 9.17) is 0 Å². The molecule has 3 nitrogen and oxygen atoms in total. The molecule has 0 aromatic heterocycles. The predicted octanol–water partition coefficient (Wildman–Crippen LogP) is 2.82. The van der Waals surface area contributed by atoms with Crippen LogP contribution in [-0.2, 0) is 4.79 Å². The monoisotopic (exact) mass is 331 g/mol. The molecule has 0 aliphatic rings. The van der Waals surface area contributed by atoms with E-state index in [-0.39, 0.29) is 12.0 Å². The highest BCUT2D eigenvalue weighted by Gasteiger charge is 2.04. The lowest BCUT2D eigenvalue weighted by atomic mass is 10.2. The highest BCUT2D eigenvalue weighted by Crippen LogP contribution is 2.21. The summed E-state index contributed by atoms with van der Waals surface area (Å²) in [6.07, 6.45) is 1.02. The molecule has 0 aliphatic carbocycles. The number of halogens is 1. The van der Waals surface area contributed by atoms with Crippen molar-refractivity contribution in [3.8, 4) is 0 Å². The molecule has 1 rings (SSSR count). The predicted molar refractivity (Wildman–Crippen MR) is 78.8 cm³/mol. The van der Waals surface area contributed by atoms with Crippen LogP contribution in [0.15, 0.2) is 33.6 Å². The number of hydrogen-bond donors (Lipinski definition) is 2. The first-order valence-electron chi connectivity index (χ1n) is 5.95. The van der Waals surface area contributed by atoms with Gasteiger partial charge in [0.25, 0.3) is 0 Å². The molecule has 100 valence electrons. The molecule has 0 fully saturated rings. The SMILES string of the molecule is CCC(O)CCNC(=O)CSc1cccc(Br)c1. The maximum absolute atomic E-state index is 11.5. The van der Waals surface area contributed by atoms with Gasteiger partial charge in [0.1, 0.15) is 0 Å². The fourth-order valence-corrected chi connectivity index (χ4v) is 2.67. The molecule has 1 atom stereocenters. The van der Waals surface area contributed by atoms with E-state index in [0.717, 1.165) is 15.8 Å². The van der Waals surface area contributed by atoms with Gasteiger partial charge in [-0.25, -0.2) is 0 Å². The molecule has 0 aliphatic heterocycles. The molecule has 0 saturated heterocycles. The number of benzene rings is 1. The largest absolute Gasteiger partial charge is 0.393 e. The lowest BCUT2D eigenvalue weighted by Crippen LogP contribution is -2.28. The third-order valence-electron chi connectivity index (χ3n) is 2.44. The highest BCUT2D eigenvalue weighted by atomic mass is 79.9. The molecule has 0 spiro atoms. The zero-order valence-corrected chi connectivity index (χ0v) is 12.8. The molecule has 18 heavy (non-hydrogen) atoms. The van der Waals surface area contributed by atoms with Crippen molar-refractivity contribution < 1.29 is 9.90 Å². The number of hydrogen-bond acceptors (Lipinski definition) is 3. The molecule has 1 unspecified atom stereocenters. The third-order valence-corrected chi connectivity index (χ3v) is 3.92. The summed E-state index contributed by atoms with van der Waals surface area (Å²) in [6.45, 7) is 2.46. The Morgan fingerprint density at radius 2 is 2.33 bits per heavy atom. The van der Waals surface area contributed by atoms with Gasteiger partial charge in [-0.1, -0.05) is 28.9 Å². The van der Waals surface area contributed by atoms with Gasteiger partial charge in [0.2, 0.25) is 5.91 Å². The second kappa shape index (κ2) is 8.56. The van der Waals surface area contributed by atoms with Crippen LogP contribution in [0.3, 0.4) is 0 Å². The van der Waals surface area contributed by atoms with Crippen molar-refractivity contribution in [1.29, 1.82) is 0 Å². The summed E-state index contributed by atoms with van der Waals surface area (Å²) in [5.74, 6) is 0.404. The minimum atomic E-state index is -0.317. The van der Waals surface area contributed by atoms with Gasteiger partial charge < -0.3 is 10.4 Å². The van der Waals surface area contributed by atoms with E-state index in [1.807, 2.05) is 31.2 Å². The first-order chi connectivity index (χ1) is 8.61. The van der Waals surface area contributed by atoms with Gasteiger partial charge in [0.05, 0.1) is 11.9 Å². The van der Waals surface area contributed by atoms with Crippen molar-refractivity contribution in [2.24, 2.45) is 0 Å². The molecule has 2 N–H and O–H groups in total. The van der Waals surface area contributed by atoms with Gasteiger partial charge in [-0.3, -0.25) is 4.79 Å². The van der Waals surface area contributed by atoms with E-state index in [9.17, 15) is 9.90 Å². The number of thioether (sulfide) groups is 1. The zero-order chi connectivity index (χ0) is 13.4. The Morgan fingerprint density at radius 3 is 3.00 bits per heavy atom. The third kappa shape index (κ3) is 6.42. The van der Waals surface area contributed by atoms with Crippen LogP contribution in [0, 0.1) is 0 Å². The van der Waals surface area contributed by atoms with Crippen LogP contribution in [0.5, 0.6) is 0 Å². The average molecular weight is 332 g/mol. The zero-order valence-electron chi connectivity index (χ0n) is 10.4. The summed E-state index contributed by atoms with van der Waals surface area (Å²) in [5, 5.41) is 12.1. The summed E-state index contributed by atoms with van der Waals surface area (Å²) < 4.78 is 1.01. The quantitative estimate of drug-likeness (QED) is 0.755. The van der Waals surface area contributed by atoms with Crippen LogP contribution >= 0.6 is 27.7 Å². The molecule has 0 heterocycles. The first kappa shape index (κ1) is 15.5. The van der Waals surface area contributed by atoms with Crippen molar-refractivity contribution in [2.75, 3.05) is 12.3 Å². The van der Waals surface area contributed by atoms with Gasteiger partial charge in [0.15, 0.2) is 0 Å². The number of carbonyl (C=O) groups is 1. The van der Waals surface area contributed by atoms with E-state index >= 15 is 0 Å². The number of aliphatic hydroxyl groups is 1. The number of rotatable bonds is 7. The van der Waals surface area contributed by atoms with E-state index in [1.54, 1.807) is 0 Å². The Balaban J connectivity index is 2.21. The van der Waals surface area contributed by atoms with Gasteiger partial charge in [0, 0.05) is 15.9 Å². The van der Waals surface area contributed by atoms with Crippen LogP contribution in [0.25, 0.3) is 0 Å². The van der Waals surface area contributed by atoms with Crippen LogP contribution in [-0.4, -0.2) is 29.4 Å². The lowest BCUT2D eigenvalue weighted by Gasteiger charge is -2.08. The van der Waals surface area contributed by atoms with E-state index < -0.39 is 0 Å². The van der Waals surface area contributed by atoms with Crippen molar-refractivity contribution in [3.05, 3.63) is 28.7 Å². The molecular weight excluding hydrogens is 314 g/mol. The minimum Gasteiger partial charge on any atom is -0.393 e. The fraction of sp³-hybridized carbons (Fsp3) is 0.462. The Labute approximate surface area is 120 Å². The van der Waals surface area contributed by atoms with Crippen molar-refractivity contribution in [2.45, 2.75) is 30.8 Å². The van der Waals surface area contributed by atoms with Gasteiger partial charge in [-0.2, -0.15) is 0 Å². The molecule has 0 saturated carbocycles. The summed E-state index contributed by atoms with van der Waals surface area (Å²) in [6, 6.07) is 7.86. The number of nitrogens with one attached hydrogen (secondary N) is 1. The normalized spacial score (nSPS) is 12.2. The molecule has 1 amide bonds. The van der Waals surface area contributed by atoms with E-state index in [0.29, 0.717) is 18.7 Å². The maximum Gasteiger partial charge on any atom is 0.230 e. The van der Waals surface area contributed by atoms with Crippen LogP contribution < -0.4 is 5.32 Å². The molecule has 5 heteroatoms. The van der Waals surface area contributed by atoms with Crippen molar-refractivity contribution >= 4 is 33.6 Å². The van der Waals surface area contributed by atoms with Crippen molar-refractivity contribution in [3.63, 3.8) is 0 Å². The smallest absolute Gasteiger partial charge is 0.230 e. The molecule has 1 aromatic carbocycles. The second-order valence-electron chi connectivity index (χ2n) is 3.95. The average Bonchev–Trinajstić information content (AvgIpc) is 2.36. The summed E-state index contributed by atoms with van der Waals surface area (Å²) >= 11 is 4.90. The molecule has 1 aromatic rings. The fourth-order valence-electron chi connectivity index (χ4n) is 1.34. The number of amides is 1. The summed E-state index contributed by atoms with van der Waals surface area (Å²) in [7, 11) is 0. The summed E-state index contributed by atoms with van der Waals surface area (Å²) in [4.78, 5) is 12.6. The van der Waals surface area contributed by atoms with Gasteiger partial charge >= 0.3 is 0 Å².